The van der Waals surface area contributed by atoms with Gasteiger partial charge in [-0.2, -0.15) is 0 Å². The summed E-state index contributed by atoms with van der Waals surface area (Å²) in [6.45, 7) is 2.68. The Kier molecular flexibility index (Phi) is 6.81. The summed E-state index contributed by atoms with van der Waals surface area (Å²) in [6.07, 6.45) is 4.86. The summed E-state index contributed by atoms with van der Waals surface area (Å²) < 4.78 is 10.2. The van der Waals surface area contributed by atoms with E-state index in [4.69, 9.17) is 9.15 Å². The molecule has 0 aliphatic heterocycles. The Morgan fingerprint density at radius 3 is 3.06 bits per heavy atom. The van der Waals surface area contributed by atoms with Gasteiger partial charge in [0.15, 0.2) is 0 Å². The molecule has 0 bridgehead atoms. The quantitative estimate of drug-likeness (QED) is 0.518. The Morgan fingerprint density at radius 2 is 2.38 bits per heavy atom. The molecule has 0 aromatic carbocycles. The molecule has 0 fully saturated rings. The summed E-state index contributed by atoms with van der Waals surface area (Å²) in [7, 11) is 0. The van der Waals surface area contributed by atoms with E-state index < -0.39 is 0 Å². The second-order valence-electron chi connectivity index (χ2n) is 3.50. The fourth-order valence-electron chi connectivity index (χ4n) is 1.21. The minimum absolute atomic E-state index is 0.132. The van der Waals surface area contributed by atoms with E-state index in [9.17, 15) is 4.79 Å². The maximum Gasteiger partial charge on any atom is 0.315 e. The SMILES string of the molecule is CCCCCOC(=O)CSCc1ccco1. The largest absolute Gasteiger partial charge is 0.468 e. The summed E-state index contributed by atoms with van der Waals surface area (Å²) in [6, 6.07) is 3.75. The van der Waals surface area contributed by atoms with Gasteiger partial charge in [0.1, 0.15) is 5.76 Å². The third-order valence-corrected chi connectivity index (χ3v) is 2.98. The lowest BCUT2D eigenvalue weighted by atomic mass is 10.3. The zero-order valence-corrected chi connectivity index (χ0v) is 10.4. The molecule has 1 aromatic rings. The van der Waals surface area contributed by atoms with Crippen LogP contribution in [0.4, 0.5) is 0 Å². The summed E-state index contributed by atoms with van der Waals surface area (Å²) in [4.78, 5) is 11.3. The third kappa shape index (κ3) is 5.85. The molecule has 4 heteroatoms. The molecule has 0 N–H and O–H groups in total. The number of esters is 1. The predicted octanol–water partition coefficient (Wildman–Crippen LogP) is 3.25. The molecule has 0 amide bonds. The predicted molar refractivity (Wildman–Crippen MR) is 65.4 cm³/mol. The van der Waals surface area contributed by atoms with Gasteiger partial charge >= 0.3 is 5.97 Å². The highest BCUT2D eigenvalue weighted by Crippen LogP contribution is 2.12. The standard InChI is InChI=1S/C12H18O3S/c1-2-3-4-7-15-12(13)10-16-9-11-6-5-8-14-11/h5-6,8H,2-4,7,9-10H2,1H3. The second-order valence-corrected chi connectivity index (χ2v) is 4.49. The summed E-state index contributed by atoms with van der Waals surface area (Å²) in [5, 5.41) is 0. The van der Waals surface area contributed by atoms with Crippen LogP contribution in [0.2, 0.25) is 0 Å². The first kappa shape index (κ1) is 13.2. The van der Waals surface area contributed by atoms with E-state index in [0.717, 1.165) is 30.8 Å². The Labute approximate surface area is 101 Å². The van der Waals surface area contributed by atoms with Crippen molar-refractivity contribution in [2.24, 2.45) is 0 Å². The number of carbonyl (C=O) groups is 1. The fourth-order valence-corrected chi connectivity index (χ4v) is 1.93. The van der Waals surface area contributed by atoms with Gasteiger partial charge in [-0.15, -0.1) is 11.8 Å². The molecule has 1 aromatic heterocycles. The highest BCUT2D eigenvalue weighted by molar-refractivity contribution is 7.99. The van der Waals surface area contributed by atoms with Gasteiger partial charge in [0.2, 0.25) is 0 Å². The molecule has 16 heavy (non-hydrogen) atoms. The average Bonchev–Trinajstić information content (AvgIpc) is 2.77. The van der Waals surface area contributed by atoms with E-state index >= 15 is 0 Å². The zero-order chi connectivity index (χ0) is 11.6. The lowest BCUT2D eigenvalue weighted by molar-refractivity contribution is -0.140. The highest BCUT2D eigenvalue weighted by Gasteiger charge is 2.03. The van der Waals surface area contributed by atoms with Crippen molar-refractivity contribution < 1.29 is 13.9 Å². The molecule has 0 saturated carbocycles. The van der Waals surface area contributed by atoms with Crippen LogP contribution in [0.3, 0.4) is 0 Å². The topological polar surface area (TPSA) is 39.4 Å². The highest BCUT2D eigenvalue weighted by atomic mass is 32.2. The van der Waals surface area contributed by atoms with Crippen LogP contribution in [-0.2, 0) is 15.3 Å². The van der Waals surface area contributed by atoms with Gasteiger partial charge in [0.05, 0.1) is 24.4 Å². The van der Waals surface area contributed by atoms with E-state index in [1.54, 1.807) is 6.26 Å². The van der Waals surface area contributed by atoms with E-state index in [2.05, 4.69) is 6.92 Å². The molecule has 0 saturated heterocycles. The zero-order valence-electron chi connectivity index (χ0n) is 9.61. The number of thioether (sulfide) groups is 1. The summed E-state index contributed by atoms with van der Waals surface area (Å²) in [5.41, 5.74) is 0. The molecule has 0 aliphatic rings. The number of rotatable bonds is 8. The lowest BCUT2D eigenvalue weighted by Gasteiger charge is -2.03. The van der Waals surface area contributed by atoms with Crippen molar-refractivity contribution in [1.82, 2.24) is 0 Å². The molecule has 1 heterocycles. The van der Waals surface area contributed by atoms with Crippen LogP contribution < -0.4 is 0 Å². The minimum atomic E-state index is -0.132. The normalized spacial score (nSPS) is 10.3. The fraction of sp³-hybridized carbons (Fsp3) is 0.583. The van der Waals surface area contributed by atoms with Crippen molar-refractivity contribution >= 4 is 17.7 Å². The maximum atomic E-state index is 11.3. The van der Waals surface area contributed by atoms with Gasteiger partial charge < -0.3 is 9.15 Å². The smallest absolute Gasteiger partial charge is 0.315 e. The molecule has 0 spiro atoms. The molecule has 90 valence electrons. The third-order valence-electron chi connectivity index (χ3n) is 2.06. The van der Waals surface area contributed by atoms with Crippen LogP contribution in [0, 0.1) is 0 Å². The molecule has 0 radical (unpaired) electrons. The number of unbranched alkanes of at least 4 members (excludes halogenated alkanes) is 2. The van der Waals surface area contributed by atoms with Gasteiger partial charge in [-0.05, 0) is 18.6 Å². The van der Waals surface area contributed by atoms with Crippen LogP contribution >= 0.6 is 11.8 Å². The van der Waals surface area contributed by atoms with Crippen molar-refractivity contribution in [2.75, 3.05) is 12.4 Å². The number of furan rings is 1. The Bertz CT molecular complexity index is 282. The van der Waals surface area contributed by atoms with Crippen LogP contribution in [-0.4, -0.2) is 18.3 Å². The van der Waals surface area contributed by atoms with Crippen molar-refractivity contribution in [3.63, 3.8) is 0 Å². The summed E-state index contributed by atoms with van der Waals surface area (Å²) >= 11 is 1.51. The minimum Gasteiger partial charge on any atom is -0.468 e. The van der Waals surface area contributed by atoms with Gasteiger partial charge in [-0.3, -0.25) is 4.79 Å². The number of carbonyl (C=O) groups excluding carboxylic acids is 1. The first-order valence-electron chi connectivity index (χ1n) is 5.58. The van der Waals surface area contributed by atoms with Crippen LogP contribution in [0.5, 0.6) is 0 Å². The summed E-state index contributed by atoms with van der Waals surface area (Å²) in [5.74, 6) is 1.88. The first-order chi connectivity index (χ1) is 7.83. The van der Waals surface area contributed by atoms with Gasteiger partial charge in [0.25, 0.3) is 0 Å². The van der Waals surface area contributed by atoms with Crippen molar-refractivity contribution in [3.05, 3.63) is 24.2 Å². The second kappa shape index (κ2) is 8.28. The van der Waals surface area contributed by atoms with Crippen LogP contribution in [0.15, 0.2) is 22.8 Å². The number of ether oxygens (including phenoxy) is 1. The van der Waals surface area contributed by atoms with E-state index in [1.165, 1.54) is 11.8 Å². The van der Waals surface area contributed by atoms with Crippen LogP contribution in [0.1, 0.15) is 31.9 Å². The van der Waals surface area contributed by atoms with Crippen molar-refractivity contribution in [1.29, 1.82) is 0 Å². The maximum absolute atomic E-state index is 11.3. The molecular weight excluding hydrogens is 224 g/mol. The van der Waals surface area contributed by atoms with Gasteiger partial charge in [0, 0.05) is 0 Å². The Balaban J connectivity index is 1.98. The van der Waals surface area contributed by atoms with Gasteiger partial charge in [-0.1, -0.05) is 19.8 Å². The number of hydrogen-bond acceptors (Lipinski definition) is 4. The molecule has 0 atom stereocenters. The van der Waals surface area contributed by atoms with E-state index in [-0.39, 0.29) is 5.97 Å². The lowest BCUT2D eigenvalue weighted by Crippen LogP contribution is -2.08. The Morgan fingerprint density at radius 1 is 1.50 bits per heavy atom. The number of hydrogen-bond donors (Lipinski definition) is 0. The average molecular weight is 242 g/mol. The van der Waals surface area contributed by atoms with Crippen molar-refractivity contribution in [2.45, 2.75) is 31.9 Å². The molecule has 0 aliphatic carbocycles. The monoisotopic (exact) mass is 242 g/mol. The molecule has 1 rings (SSSR count). The van der Waals surface area contributed by atoms with E-state index in [1.807, 2.05) is 12.1 Å². The Hall–Kier alpha value is -0.900. The van der Waals surface area contributed by atoms with E-state index in [0.29, 0.717) is 12.4 Å². The molecule has 3 nitrogen and oxygen atoms in total. The molecule has 0 unspecified atom stereocenters. The van der Waals surface area contributed by atoms with Crippen molar-refractivity contribution in [3.8, 4) is 0 Å². The van der Waals surface area contributed by atoms with Gasteiger partial charge in [-0.25, -0.2) is 0 Å². The first-order valence-corrected chi connectivity index (χ1v) is 6.74. The van der Waals surface area contributed by atoms with Crippen LogP contribution in [0.25, 0.3) is 0 Å². The molecular formula is C12H18O3S.